The summed E-state index contributed by atoms with van der Waals surface area (Å²) in [5.41, 5.74) is 0.288. The second kappa shape index (κ2) is 3.50. The molecule has 1 saturated carbocycles. The van der Waals surface area contributed by atoms with E-state index < -0.39 is 5.41 Å². The van der Waals surface area contributed by atoms with E-state index in [1.54, 1.807) is 6.07 Å². The van der Waals surface area contributed by atoms with Crippen molar-refractivity contribution in [1.29, 1.82) is 5.26 Å². The van der Waals surface area contributed by atoms with Gasteiger partial charge >= 0.3 is 0 Å². The predicted octanol–water partition coefficient (Wildman–Crippen LogP) is 3.67. The standard InChI is InChI=1S/C12H11ClFN/c1-8-5-12(6-8,7-15)10-3-2-9(14)4-11(10)13/h2-4,8H,5-6H2,1H3. The van der Waals surface area contributed by atoms with Crippen LogP contribution >= 0.6 is 11.6 Å². The average molecular weight is 224 g/mol. The van der Waals surface area contributed by atoms with Gasteiger partial charge in [0.1, 0.15) is 5.82 Å². The molecule has 0 unspecified atom stereocenters. The molecule has 0 radical (unpaired) electrons. The Hall–Kier alpha value is -1.07. The van der Waals surface area contributed by atoms with Gasteiger partial charge in [-0.25, -0.2) is 4.39 Å². The number of nitriles is 1. The van der Waals surface area contributed by atoms with Crippen molar-refractivity contribution in [3.05, 3.63) is 34.6 Å². The first kappa shape index (κ1) is 10.4. The Labute approximate surface area is 93.5 Å². The maximum Gasteiger partial charge on any atom is 0.124 e. The Kier molecular flexibility index (Phi) is 2.44. The summed E-state index contributed by atoms with van der Waals surface area (Å²) in [7, 11) is 0. The normalized spacial score (nSPS) is 29.3. The first-order valence-corrected chi connectivity index (χ1v) is 5.32. The van der Waals surface area contributed by atoms with Crippen LogP contribution < -0.4 is 0 Å². The number of benzene rings is 1. The fraction of sp³-hybridized carbons (Fsp3) is 0.417. The molecule has 1 aromatic rings. The molecule has 1 fully saturated rings. The van der Waals surface area contributed by atoms with E-state index in [2.05, 4.69) is 13.0 Å². The lowest BCUT2D eigenvalue weighted by Crippen LogP contribution is -2.38. The van der Waals surface area contributed by atoms with Crippen LogP contribution in [0.25, 0.3) is 0 Å². The molecule has 0 aromatic heterocycles. The summed E-state index contributed by atoms with van der Waals surface area (Å²) in [5, 5.41) is 9.56. The van der Waals surface area contributed by atoms with E-state index >= 15 is 0 Å². The zero-order valence-electron chi connectivity index (χ0n) is 8.43. The van der Waals surface area contributed by atoms with Gasteiger partial charge in [0.25, 0.3) is 0 Å². The van der Waals surface area contributed by atoms with Gasteiger partial charge in [0.2, 0.25) is 0 Å². The molecule has 0 amide bonds. The Balaban J connectivity index is 2.41. The van der Waals surface area contributed by atoms with E-state index in [4.69, 9.17) is 11.6 Å². The fourth-order valence-electron chi connectivity index (χ4n) is 2.38. The Morgan fingerprint density at radius 3 is 2.67 bits per heavy atom. The largest absolute Gasteiger partial charge is 0.207 e. The molecule has 0 saturated heterocycles. The zero-order chi connectivity index (χ0) is 11.1. The van der Waals surface area contributed by atoms with E-state index in [0.29, 0.717) is 10.9 Å². The summed E-state index contributed by atoms with van der Waals surface area (Å²) < 4.78 is 12.9. The summed E-state index contributed by atoms with van der Waals surface area (Å²) in [6.45, 7) is 2.10. The molecule has 3 heteroatoms. The van der Waals surface area contributed by atoms with Crippen LogP contribution in [0.4, 0.5) is 4.39 Å². The minimum absolute atomic E-state index is 0.357. The molecule has 15 heavy (non-hydrogen) atoms. The number of halogens is 2. The Morgan fingerprint density at radius 1 is 1.53 bits per heavy atom. The van der Waals surface area contributed by atoms with Crippen LogP contribution in [0.5, 0.6) is 0 Å². The van der Waals surface area contributed by atoms with Gasteiger partial charge in [-0.15, -0.1) is 0 Å². The molecule has 0 atom stereocenters. The number of rotatable bonds is 1. The third-order valence-electron chi connectivity index (χ3n) is 3.05. The lowest BCUT2D eigenvalue weighted by Gasteiger charge is -2.41. The lowest BCUT2D eigenvalue weighted by molar-refractivity contribution is 0.217. The maximum atomic E-state index is 12.9. The Morgan fingerprint density at radius 2 is 2.20 bits per heavy atom. The molecule has 0 aliphatic heterocycles. The maximum absolute atomic E-state index is 12.9. The van der Waals surface area contributed by atoms with Gasteiger partial charge in [-0.1, -0.05) is 24.6 Å². The second-order valence-electron chi connectivity index (χ2n) is 4.33. The molecule has 2 rings (SSSR count). The van der Waals surface area contributed by atoms with Crippen molar-refractivity contribution in [2.75, 3.05) is 0 Å². The summed E-state index contributed by atoms with van der Waals surface area (Å²) in [6, 6.07) is 6.59. The summed E-state index contributed by atoms with van der Waals surface area (Å²) in [4.78, 5) is 0. The third kappa shape index (κ3) is 1.61. The molecular formula is C12H11ClFN. The van der Waals surface area contributed by atoms with Crippen LogP contribution in [0.2, 0.25) is 5.02 Å². The molecule has 0 bridgehead atoms. The van der Waals surface area contributed by atoms with Crippen LogP contribution in [0.3, 0.4) is 0 Å². The van der Waals surface area contributed by atoms with Crippen LogP contribution in [-0.4, -0.2) is 0 Å². The van der Waals surface area contributed by atoms with Crippen LogP contribution in [-0.2, 0) is 5.41 Å². The highest BCUT2D eigenvalue weighted by atomic mass is 35.5. The molecule has 0 N–H and O–H groups in total. The molecule has 1 nitrogen and oxygen atoms in total. The summed E-state index contributed by atoms with van der Waals surface area (Å²) in [6.07, 6.45) is 1.63. The monoisotopic (exact) mass is 223 g/mol. The van der Waals surface area contributed by atoms with Crippen molar-refractivity contribution in [3.63, 3.8) is 0 Å². The number of hydrogen-bond acceptors (Lipinski definition) is 1. The molecule has 0 heterocycles. The summed E-state index contributed by atoms with van der Waals surface area (Å²) >= 11 is 5.96. The summed E-state index contributed by atoms with van der Waals surface area (Å²) in [5.74, 6) is 0.190. The van der Waals surface area contributed by atoms with Crippen molar-refractivity contribution >= 4 is 11.6 Å². The first-order chi connectivity index (χ1) is 7.07. The zero-order valence-corrected chi connectivity index (χ0v) is 9.18. The van der Waals surface area contributed by atoms with Gasteiger partial charge < -0.3 is 0 Å². The van der Waals surface area contributed by atoms with E-state index in [1.165, 1.54) is 12.1 Å². The number of hydrogen-bond donors (Lipinski definition) is 0. The highest BCUT2D eigenvalue weighted by Crippen LogP contribution is 2.49. The molecular weight excluding hydrogens is 213 g/mol. The minimum atomic E-state index is -0.482. The molecule has 1 aromatic carbocycles. The average Bonchev–Trinajstić information content (AvgIpc) is 2.13. The smallest absolute Gasteiger partial charge is 0.124 e. The molecule has 78 valence electrons. The van der Waals surface area contributed by atoms with Crippen molar-refractivity contribution in [3.8, 4) is 6.07 Å². The second-order valence-corrected chi connectivity index (χ2v) is 4.74. The lowest BCUT2D eigenvalue weighted by atomic mass is 9.60. The van der Waals surface area contributed by atoms with E-state index in [0.717, 1.165) is 18.4 Å². The SMILES string of the molecule is CC1CC(C#N)(c2ccc(F)cc2Cl)C1. The third-order valence-corrected chi connectivity index (χ3v) is 3.37. The van der Waals surface area contributed by atoms with Gasteiger partial charge in [0.05, 0.1) is 11.5 Å². The van der Waals surface area contributed by atoms with Gasteiger partial charge in [-0.3, -0.25) is 0 Å². The molecule has 0 spiro atoms. The predicted molar refractivity (Wildman–Crippen MR) is 57.1 cm³/mol. The van der Waals surface area contributed by atoms with Gasteiger partial charge in [-0.05, 0) is 36.5 Å². The minimum Gasteiger partial charge on any atom is -0.207 e. The Bertz CT molecular complexity index is 430. The van der Waals surface area contributed by atoms with Crippen molar-refractivity contribution in [1.82, 2.24) is 0 Å². The van der Waals surface area contributed by atoms with E-state index in [-0.39, 0.29) is 5.82 Å². The van der Waals surface area contributed by atoms with Crippen molar-refractivity contribution in [2.45, 2.75) is 25.2 Å². The molecule has 1 aliphatic carbocycles. The molecule has 1 aliphatic rings. The fourth-order valence-corrected chi connectivity index (χ4v) is 2.73. The van der Waals surface area contributed by atoms with Crippen molar-refractivity contribution < 1.29 is 4.39 Å². The number of nitrogens with zero attached hydrogens (tertiary/aromatic N) is 1. The topological polar surface area (TPSA) is 23.8 Å². The first-order valence-electron chi connectivity index (χ1n) is 4.94. The van der Waals surface area contributed by atoms with Gasteiger partial charge in [-0.2, -0.15) is 5.26 Å². The van der Waals surface area contributed by atoms with Gasteiger partial charge in [0.15, 0.2) is 0 Å². The van der Waals surface area contributed by atoms with Crippen LogP contribution in [0.1, 0.15) is 25.3 Å². The van der Waals surface area contributed by atoms with Crippen LogP contribution in [0, 0.1) is 23.1 Å². The van der Waals surface area contributed by atoms with Gasteiger partial charge in [0, 0.05) is 5.02 Å². The van der Waals surface area contributed by atoms with Crippen molar-refractivity contribution in [2.24, 2.45) is 5.92 Å². The van der Waals surface area contributed by atoms with E-state index in [9.17, 15) is 9.65 Å². The van der Waals surface area contributed by atoms with Crippen LogP contribution in [0.15, 0.2) is 18.2 Å². The van der Waals surface area contributed by atoms with E-state index in [1.807, 2.05) is 0 Å². The highest BCUT2D eigenvalue weighted by molar-refractivity contribution is 6.31. The highest BCUT2D eigenvalue weighted by Gasteiger charge is 2.45. The quantitative estimate of drug-likeness (QED) is 0.713.